The van der Waals surface area contributed by atoms with Crippen LogP contribution in [0.3, 0.4) is 0 Å². The van der Waals surface area contributed by atoms with E-state index in [0.717, 1.165) is 0 Å². The highest BCUT2D eigenvalue weighted by Gasteiger charge is 1.82. The van der Waals surface area contributed by atoms with Crippen LogP contribution in [0.25, 0.3) is 0 Å². The zero-order valence-electron chi connectivity index (χ0n) is 6.97. The lowest BCUT2D eigenvalue weighted by Crippen LogP contribution is -2.15. The van der Waals surface area contributed by atoms with E-state index in [9.17, 15) is 0 Å². The van der Waals surface area contributed by atoms with E-state index in [2.05, 4.69) is 5.32 Å². The minimum absolute atomic E-state index is 0.519. The van der Waals surface area contributed by atoms with Crippen molar-refractivity contribution in [1.29, 1.82) is 10.5 Å². The summed E-state index contributed by atoms with van der Waals surface area (Å²) in [7, 11) is 0. The van der Waals surface area contributed by atoms with E-state index < -0.39 is 5.09 Å². The minimum atomic E-state index is -1.25. The van der Waals surface area contributed by atoms with Crippen LogP contribution in [0.5, 0.6) is 0 Å². The molecule has 72 valence electrons. The smallest absolute Gasteiger partial charge is 0.315 e. The first-order valence-electron chi connectivity index (χ1n) is 3.44. The molecule has 0 atom stereocenters. The maximum atomic E-state index is 8.47. The second-order valence-electron chi connectivity index (χ2n) is 1.82. The third-order valence-electron chi connectivity index (χ3n) is 0.827. The Balaban J connectivity index is 0. The summed E-state index contributed by atoms with van der Waals surface area (Å²) in [6, 6.07) is 4.00. The van der Waals surface area contributed by atoms with Crippen LogP contribution in [-0.2, 0) is 0 Å². The molecule has 0 fully saturated rings. The largest absolute Gasteiger partial charge is 0.472 e. The van der Waals surface area contributed by atoms with Crippen LogP contribution in [0.2, 0.25) is 0 Å². The van der Waals surface area contributed by atoms with Crippen LogP contribution in [-0.4, -0.2) is 28.6 Å². The number of rotatable bonds is 4. The fraction of sp³-hybridized carbons (Fsp3) is 0.667. The molecule has 7 heteroatoms. The topological polar surface area (TPSA) is 120 Å². The predicted molar refractivity (Wildman–Crippen MR) is 40.5 cm³/mol. The SMILES string of the molecule is N#CCCNCCC#N.O=[N+](O)O. The summed E-state index contributed by atoms with van der Waals surface area (Å²) >= 11 is 0. The summed E-state index contributed by atoms with van der Waals surface area (Å²) in [5.41, 5.74) is 0. The van der Waals surface area contributed by atoms with E-state index >= 15 is 0 Å². The summed E-state index contributed by atoms with van der Waals surface area (Å²) in [6.07, 6.45) is 1.04. The van der Waals surface area contributed by atoms with Crippen molar-refractivity contribution in [3.8, 4) is 12.1 Å². The van der Waals surface area contributed by atoms with Gasteiger partial charge < -0.3 is 5.32 Å². The number of nitriles is 2. The average molecular weight is 187 g/mol. The molecule has 0 rings (SSSR count). The molecular weight excluding hydrogens is 176 g/mol. The summed E-state index contributed by atoms with van der Waals surface area (Å²) < 4.78 is 0. The first-order valence-corrected chi connectivity index (χ1v) is 3.44. The van der Waals surface area contributed by atoms with E-state index in [1.165, 1.54) is 0 Å². The second kappa shape index (κ2) is 12.8. The fourth-order valence-corrected chi connectivity index (χ4v) is 0.414. The van der Waals surface area contributed by atoms with Crippen molar-refractivity contribution >= 4 is 0 Å². The van der Waals surface area contributed by atoms with Crippen LogP contribution < -0.4 is 5.32 Å². The van der Waals surface area contributed by atoms with Crippen molar-refractivity contribution in [3.63, 3.8) is 0 Å². The molecule has 7 nitrogen and oxygen atoms in total. The Labute approximate surface area is 75.3 Å². The fourth-order valence-electron chi connectivity index (χ4n) is 0.414. The van der Waals surface area contributed by atoms with Crippen LogP contribution in [0, 0.1) is 27.6 Å². The molecule has 0 spiro atoms. The molecular formula is C6H11N4O3+. The standard InChI is InChI=1S/C6H9N3.H2NO3/c7-3-1-5-9-6-2-4-8;2-1(3)4/h9H,1-2,5-6H2;(H2,2,3,4)/q;+1. The summed E-state index contributed by atoms with van der Waals surface area (Å²) in [6.45, 7) is 1.39. The van der Waals surface area contributed by atoms with Crippen LogP contribution in [0.15, 0.2) is 0 Å². The molecule has 0 bridgehead atoms. The first kappa shape index (κ1) is 13.7. The predicted octanol–water partition coefficient (Wildman–Crippen LogP) is -0.0529. The highest BCUT2D eigenvalue weighted by molar-refractivity contribution is 4.73. The van der Waals surface area contributed by atoms with Crippen LogP contribution >= 0.6 is 0 Å². The number of hydrogen-bond acceptors (Lipinski definition) is 4. The number of nitrogens with zero attached hydrogens (tertiary/aromatic N) is 3. The lowest BCUT2D eigenvalue weighted by Gasteiger charge is -1.93. The molecule has 3 N–H and O–H groups in total. The quantitative estimate of drug-likeness (QED) is 0.419. The van der Waals surface area contributed by atoms with Gasteiger partial charge in [0.05, 0.1) is 12.1 Å². The van der Waals surface area contributed by atoms with Gasteiger partial charge in [0.25, 0.3) is 0 Å². The Bertz CT molecular complexity index is 185. The van der Waals surface area contributed by atoms with E-state index in [1.807, 2.05) is 12.1 Å². The van der Waals surface area contributed by atoms with Gasteiger partial charge in [0.2, 0.25) is 0 Å². The molecule has 0 aliphatic carbocycles. The zero-order valence-corrected chi connectivity index (χ0v) is 6.97. The highest BCUT2D eigenvalue weighted by atomic mass is 16.9. The Morgan fingerprint density at radius 2 is 1.46 bits per heavy atom. The van der Waals surface area contributed by atoms with Crippen LogP contribution in [0.4, 0.5) is 0 Å². The maximum absolute atomic E-state index is 8.47. The molecule has 0 radical (unpaired) electrons. The Morgan fingerprint density at radius 1 is 1.15 bits per heavy atom. The molecule has 0 saturated heterocycles. The van der Waals surface area contributed by atoms with Crippen molar-refractivity contribution in [2.75, 3.05) is 13.1 Å². The Kier molecular flexibility index (Phi) is 13.5. The number of nitrogens with one attached hydrogen (secondary N) is 1. The van der Waals surface area contributed by atoms with Gasteiger partial charge in [-0.1, -0.05) is 0 Å². The van der Waals surface area contributed by atoms with Gasteiger partial charge >= 0.3 is 5.09 Å². The van der Waals surface area contributed by atoms with Gasteiger partial charge in [-0.2, -0.15) is 10.5 Å². The van der Waals surface area contributed by atoms with Crippen molar-refractivity contribution < 1.29 is 15.5 Å². The third-order valence-corrected chi connectivity index (χ3v) is 0.827. The normalized spacial score (nSPS) is 7.23. The molecule has 0 amide bonds. The molecule has 0 aromatic rings. The lowest BCUT2D eigenvalue weighted by molar-refractivity contribution is -0.969. The van der Waals surface area contributed by atoms with Gasteiger partial charge in [0, 0.05) is 25.9 Å². The van der Waals surface area contributed by atoms with Crippen molar-refractivity contribution in [2.45, 2.75) is 12.8 Å². The molecule has 0 saturated carbocycles. The third kappa shape index (κ3) is 39.2. The van der Waals surface area contributed by atoms with Gasteiger partial charge in [-0.15, -0.1) is 0 Å². The van der Waals surface area contributed by atoms with E-state index in [0.29, 0.717) is 25.9 Å². The molecule has 0 aliphatic heterocycles. The number of hydrogen-bond donors (Lipinski definition) is 3. The molecule has 0 heterocycles. The molecule has 0 aromatic carbocycles. The summed E-state index contributed by atoms with van der Waals surface area (Å²) in [5, 5.41) is 31.6. The second-order valence-corrected chi connectivity index (χ2v) is 1.82. The van der Waals surface area contributed by atoms with E-state index in [4.69, 9.17) is 25.8 Å². The van der Waals surface area contributed by atoms with Crippen molar-refractivity contribution in [1.82, 2.24) is 5.32 Å². The zero-order chi connectivity index (χ0) is 10.5. The van der Waals surface area contributed by atoms with Crippen molar-refractivity contribution in [2.24, 2.45) is 0 Å². The maximum Gasteiger partial charge on any atom is 0.472 e. The highest BCUT2D eigenvalue weighted by Crippen LogP contribution is 1.72. The van der Waals surface area contributed by atoms with Gasteiger partial charge in [-0.05, 0) is 0 Å². The molecule has 13 heavy (non-hydrogen) atoms. The molecule has 0 unspecified atom stereocenters. The Morgan fingerprint density at radius 3 is 1.69 bits per heavy atom. The molecule has 0 aromatic heterocycles. The molecule has 0 aliphatic rings. The monoisotopic (exact) mass is 187 g/mol. The van der Waals surface area contributed by atoms with Crippen LogP contribution in [0.1, 0.15) is 12.8 Å². The van der Waals surface area contributed by atoms with Gasteiger partial charge in [-0.3, -0.25) is 0 Å². The Hall–Kier alpha value is -1.86. The minimum Gasteiger partial charge on any atom is -0.315 e. The van der Waals surface area contributed by atoms with E-state index in [1.54, 1.807) is 0 Å². The van der Waals surface area contributed by atoms with Gasteiger partial charge in [0.1, 0.15) is 4.91 Å². The van der Waals surface area contributed by atoms with Gasteiger partial charge in [0.15, 0.2) is 0 Å². The first-order chi connectivity index (χ1) is 6.15. The average Bonchev–Trinajstić information content (AvgIpc) is 2.03. The van der Waals surface area contributed by atoms with Crippen molar-refractivity contribution in [3.05, 3.63) is 4.91 Å². The summed E-state index contributed by atoms with van der Waals surface area (Å²) in [5.74, 6) is 0. The lowest BCUT2D eigenvalue weighted by atomic mass is 10.4. The van der Waals surface area contributed by atoms with Gasteiger partial charge in [-0.25, -0.2) is 10.4 Å². The van der Waals surface area contributed by atoms with E-state index in [-0.39, 0.29) is 0 Å². The summed E-state index contributed by atoms with van der Waals surface area (Å²) in [4.78, 5) is 8.47.